The van der Waals surface area contributed by atoms with Crippen molar-refractivity contribution in [2.45, 2.75) is 6.92 Å². The number of hydrogen-bond acceptors (Lipinski definition) is 8. The zero-order valence-electron chi connectivity index (χ0n) is 19.6. The fourth-order valence-corrected chi connectivity index (χ4v) is 3.72. The fourth-order valence-electron chi connectivity index (χ4n) is 3.72. The number of nitro benzene ring substituents is 1. The highest BCUT2D eigenvalue weighted by atomic mass is 32.3. The van der Waals surface area contributed by atoms with Gasteiger partial charge in [-0.25, -0.2) is 13.2 Å². The Morgan fingerprint density at radius 1 is 1.03 bits per heavy atom. The van der Waals surface area contributed by atoms with Crippen molar-refractivity contribution in [2.75, 3.05) is 19.0 Å². The molecule has 11 nitrogen and oxygen atoms in total. The van der Waals surface area contributed by atoms with Crippen molar-refractivity contribution in [3.05, 3.63) is 76.8 Å². The van der Waals surface area contributed by atoms with E-state index in [4.69, 9.17) is 4.74 Å². The van der Waals surface area contributed by atoms with Gasteiger partial charge in [0.2, 0.25) is 21.6 Å². The van der Waals surface area contributed by atoms with Gasteiger partial charge in [0.05, 0.1) is 29.4 Å². The lowest BCUT2D eigenvalue weighted by molar-refractivity contribution is -0.632. The number of aromatic nitrogens is 1. The Morgan fingerprint density at radius 3 is 2.19 bits per heavy atom. The van der Waals surface area contributed by atoms with Crippen LogP contribution in [0.4, 0.5) is 16.2 Å². The topological polar surface area (TPSA) is 152 Å². The molecule has 0 aliphatic carbocycles. The maximum atomic E-state index is 11.8. The summed E-state index contributed by atoms with van der Waals surface area (Å²) in [4.78, 5) is 22.4. The minimum atomic E-state index is -4.41. The first-order valence-electron chi connectivity index (χ1n) is 10.6. The molecular formula is C24H23N3O8S. The predicted molar refractivity (Wildman–Crippen MR) is 132 cm³/mol. The van der Waals surface area contributed by atoms with E-state index in [1.165, 1.54) is 12.1 Å². The molecule has 1 N–H and O–H groups in total. The van der Waals surface area contributed by atoms with Crippen molar-refractivity contribution < 1.29 is 36.2 Å². The van der Waals surface area contributed by atoms with Gasteiger partial charge in [-0.1, -0.05) is 18.2 Å². The molecule has 0 aliphatic rings. The van der Waals surface area contributed by atoms with Gasteiger partial charge in [0, 0.05) is 34.8 Å². The molecule has 36 heavy (non-hydrogen) atoms. The van der Waals surface area contributed by atoms with Crippen molar-refractivity contribution >= 4 is 49.5 Å². The van der Waals surface area contributed by atoms with E-state index >= 15 is 0 Å². The Hall–Kier alpha value is -4.13. The van der Waals surface area contributed by atoms with Crippen LogP contribution in [0.3, 0.4) is 0 Å². The number of amides is 1. The second-order valence-electron chi connectivity index (χ2n) is 7.41. The number of carbonyl (C=O) groups excluding carboxylic acids is 1. The van der Waals surface area contributed by atoms with E-state index < -0.39 is 21.4 Å². The number of nitro groups is 1. The Kier molecular flexibility index (Phi) is 8.14. The van der Waals surface area contributed by atoms with Crippen LogP contribution in [0.1, 0.15) is 6.92 Å². The van der Waals surface area contributed by atoms with Crippen LogP contribution in [0.5, 0.6) is 0 Å². The van der Waals surface area contributed by atoms with Crippen molar-refractivity contribution in [3.63, 3.8) is 0 Å². The summed E-state index contributed by atoms with van der Waals surface area (Å²) in [5, 5.41) is 16.8. The highest BCUT2D eigenvalue weighted by Crippen LogP contribution is 2.32. The van der Waals surface area contributed by atoms with E-state index in [-0.39, 0.29) is 5.69 Å². The lowest BCUT2D eigenvalue weighted by Crippen LogP contribution is -2.32. The number of anilines is 1. The summed E-state index contributed by atoms with van der Waals surface area (Å²) in [6.07, 6.45) is -0.493. The Morgan fingerprint density at radius 2 is 1.64 bits per heavy atom. The van der Waals surface area contributed by atoms with Gasteiger partial charge >= 0.3 is 6.09 Å². The van der Waals surface area contributed by atoms with Crippen molar-refractivity contribution in [1.29, 1.82) is 0 Å². The van der Waals surface area contributed by atoms with E-state index in [0.717, 1.165) is 40.0 Å². The Balaban J connectivity index is 0.000000538. The molecule has 1 aromatic heterocycles. The normalized spacial score (nSPS) is 11.0. The zero-order valence-corrected chi connectivity index (χ0v) is 20.4. The lowest BCUT2D eigenvalue weighted by atomic mass is 9.99. The molecule has 1 amide bonds. The van der Waals surface area contributed by atoms with E-state index in [2.05, 4.69) is 14.1 Å². The van der Waals surface area contributed by atoms with Gasteiger partial charge in [0.1, 0.15) is 7.05 Å². The van der Waals surface area contributed by atoms with Gasteiger partial charge in [-0.2, -0.15) is 4.57 Å². The molecule has 0 radical (unpaired) electrons. The maximum absolute atomic E-state index is 11.8. The molecule has 0 atom stereocenters. The monoisotopic (exact) mass is 513 g/mol. The third-order valence-corrected chi connectivity index (χ3v) is 5.65. The quantitative estimate of drug-likeness (QED) is 0.105. The van der Waals surface area contributed by atoms with Crippen LogP contribution < -0.4 is 9.88 Å². The third kappa shape index (κ3) is 6.10. The zero-order chi connectivity index (χ0) is 26.5. The number of carbonyl (C=O) groups is 1. The molecular weight excluding hydrogens is 490 g/mol. The number of nitrogens with zero attached hydrogens (tertiary/aromatic N) is 2. The van der Waals surface area contributed by atoms with Gasteiger partial charge in [0.15, 0.2) is 0 Å². The summed E-state index contributed by atoms with van der Waals surface area (Å²) in [6.45, 7) is 2.06. The number of rotatable bonds is 5. The summed E-state index contributed by atoms with van der Waals surface area (Å²) < 4.78 is 38.1. The van der Waals surface area contributed by atoms with Crippen molar-refractivity contribution in [3.8, 4) is 11.3 Å². The van der Waals surface area contributed by atoms with Crippen molar-refractivity contribution in [1.82, 2.24) is 0 Å². The summed E-state index contributed by atoms with van der Waals surface area (Å²) in [5.74, 6) is 0. The molecule has 188 valence electrons. The minimum absolute atomic E-state index is 0.0566. The summed E-state index contributed by atoms with van der Waals surface area (Å²) in [5.41, 5.74) is 3.51. The van der Waals surface area contributed by atoms with Crippen LogP contribution in [0, 0.1) is 10.1 Å². The van der Waals surface area contributed by atoms with E-state index in [1.807, 2.05) is 49.5 Å². The molecule has 0 bridgehead atoms. The number of nitrogens with one attached hydrogen (secondary N) is 1. The van der Waals surface area contributed by atoms with Crippen LogP contribution in [0.2, 0.25) is 0 Å². The molecule has 4 rings (SSSR count). The van der Waals surface area contributed by atoms with E-state index in [1.54, 1.807) is 19.1 Å². The standard InChI is InChI=1S/C23H19N3O4.CH4O4S/c1-3-30-23(27)24-16-10-13-21-20(14-16)18-6-4-5-7-19(18)22(25(21)2)15-8-11-17(12-9-15)26(28)29;1-5-6(2,3)4/h4-14H,3H2,1-2H3;1H3,(H,2,3,4). The molecule has 4 aromatic rings. The predicted octanol–water partition coefficient (Wildman–Crippen LogP) is 4.05. The van der Waals surface area contributed by atoms with E-state index in [0.29, 0.717) is 12.3 Å². The van der Waals surface area contributed by atoms with E-state index in [9.17, 15) is 27.9 Å². The van der Waals surface area contributed by atoms with Crippen LogP contribution in [-0.4, -0.2) is 37.7 Å². The molecule has 0 unspecified atom stereocenters. The summed E-state index contributed by atoms with van der Waals surface area (Å²) in [7, 11) is -1.64. The third-order valence-electron chi connectivity index (χ3n) is 5.24. The second kappa shape index (κ2) is 11.1. The first-order chi connectivity index (χ1) is 17.1. The minimum Gasteiger partial charge on any atom is -0.726 e. The molecule has 3 aromatic carbocycles. The molecule has 0 fully saturated rings. The molecule has 12 heteroatoms. The smallest absolute Gasteiger partial charge is 0.411 e. The molecule has 0 spiro atoms. The molecule has 0 saturated carbocycles. The van der Waals surface area contributed by atoms with Gasteiger partial charge in [-0.15, -0.1) is 0 Å². The molecule has 0 saturated heterocycles. The average Bonchev–Trinajstić information content (AvgIpc) is 2.84. The number of non-ortho nitro benzene ring substituents is 1. The van der Waals surface area contributed by atoms with Crippen LogP contribution >= 0.6 is 0 Å². The first kappa shape index (κ1) is 26.5. The largest absolute Gasteiger partial charge is 0.726 e. The van der Waals surface area contributed by atoms with Gasteiger partial charge in [0.25, 0.3) is 5.69 Å². The second-order valence-corrected chi connectivity index (χ2v) is 8.56. The maximum Gasteiger partial charge on any atom is 0.411 e. The van der Waals surface area contributed by atoms with Gasteiger partial charge in [-0.3, -0.25) is 19.6 Å². The van der Waals surface area contributed by atoms with Gasteiger partial charge < -0.3 is 9.29 Å². The average molecular weight is 514 g/mol. The number of fused-ring (bicyclic) bond motifs is 3. The summed E-state index contributed by atoms with van der Waals surface area (Å²) >= 11 is 0. The highest BCUT2D eigenvalue weighted by molar-refractivity contribution is 7.80. The number of pyridine rings is 1. The first-order valence-corrected chi connectivity index (χ1v) is 11.9. The highest BCUT2D eigenvalue weighted by Gasteiger charge is 2.21. The number of ether oxygens (including phenoxy) is 1. The Labute approximate surface area is 207 Å². The van der Waals surface area contributed by atoms with Crippen LogP contribution in [0.15, 0.2) is 66.7 Å². The fraction of sp³-hybridized carbons (Fsp3) is 0.167. The van der Waals surface area contributed by atoms with Gasteiger partial charge in [-0.05, 0) is 37.3 Å². The Bertz CT molecular complexity index is 1540. The molecule has 1 heterocycles. The number of aryl methyl sites for hydroxylation is 1. The number of benzene rings is 3. The molecule has 0 aliphatic heterocycles. The van der Waals surface area contributed by atoms with Crippen LogP contribution in [-0.2, 0) is 26.4 Å². The summed E-state index contributed by atoms with van der Waals surface area (Å²) in [6, 6.07) is 20.2. The lowest BCUT2D eigenvalue weighted by Gasteiger charge is -2.11. The number of hydrogen-bond donors (Lipinski definition) is 1. The SMILES string of the molecule is CCOC(=O)Nc1ccc2c(c1)c1ccccc1c(-c1ccc([N+](=O)[O-])cc1)[n+]2C.COS(=O)(=O)[O-]. The van der Waals surface area contributed by atoms with Crippen LogP contribution in [0.25, 0.3) is 32.9 Å². The van der Waals surface area contributed by atoms with Crippen molar-refractivity contribution in [2.24, 2.45) is 7.05 Å².